The normalized spacial score (nSPS) is 21.0. The van der Waals surface area contributed by atoms with Gasteiger partial charge in [-0.25, -0.2) is 0 Å². The first-order chi connectivity index (χ1) is 7.93. The van der Waals surface area contributed by atoms with E-state index in [4.69, 9.17) is 0 Å². The molecule has 2 nitrogen and oxygen atoms in total. The van der Waals surface area contributed by atoms with Crippen LogP contribution in [0.2, 0.25) is 0 Å². The number of carbonyl (C=O) groups excluding carboxylic acids is 1. The van der Waals surface area contributed by atoms with Crippen LogP contribution in [-0.4, -0.2) is 5.91 Å². The molecular formula is C15H19NO. The Kier molecular flexibility index (Phi) is 1.99. The van der Waals surface area contributed by atoms with E-state index in [9.17, 15) is 4.79 Å². The van der Waals surface area contributed by atoms with Gasteiger partial charge in [0.25, 0.3) is 0 Å². The maximum Gasteiger partial charge on any atom is 0.235 e. The Labute approximate surface area is 102 Å². The zero-order valence-electron chi connectivity index (χ0n) is 10.8. The number of nitrogens with one attached hydrogen (secondary N) is 1. The standard InChI is InChI=1S/C15H19NO/c1-14(2,3)10-5-6-12-11(9-10)15(7-4-8-15)13(17)16-12/h5-6,9H,4,7-8H2,1-3H3,(H,16,17). The number of hydrogen-bond acceptors (Lipinski definition) is 1. The molecule has 0 saturated heterocycles. The molecule has 1 aromatic carbocycles. The van der Waals surface area contributed by atoms with Crippen LogP contribution in [0.4, 0.5) is 5.69 Å². The van der Waals surface area contributed by atoms with Crippen LogP contribution in [0.15, 0.2) is 18.2 Å². The summed E-state index contributed by atoms with van der Waals surface area (Å²) in [6, 6.07) is 6.45. The minimum absolute atomic E-state index is 0.144. The van der Waals surface area contributed by atoms with Gasteiger partial charge in [-0.15, -0.1) is 0 Å². The van der Waals surface area contributed by atoms with Crippen molar-refractivity contribution in [3.63, 3.8) is 0 Å². The third-order valence-corrected chi connectivity index (χ3v) is 4.29. The summed E-state index contributed by atoms with van der Waals surface area (Å²) < 4.78 is 0. The minimum Gasteiger partial charge on any atom is -0.325 e. The van der Waals surface area contributed by atoms with Crippen molar-refractivity contribution in [3.05, 3.63) is 29.3 Å². The maximum absolute atomic E-state index is 12.1. The van der Waals surface area contributed by atoms with E-state index in [0.29, 0.717) is 0 Å². The summed E-state index contributed by atoms with van der Waals surface area (Å²) >= 11 is 0. The Balaban J connectivity index is 2.13. The summed E-state index contributed by atoms with van der Waals surface area (Å²) in [4.78, 5) is 12.1. The molecule has 2 heteroatoms. The molecule has 0 bridgehead atoms. The third kappa shape index (κ3) is 1.36. The smallest absolute Gasteiger partial charge is 0.235 e. The van der Waals surface area contributed by atoms with Crippen LogP contribution in [0.3, 0.4) is 0 Å². The van der Waals surface area contributed by atoms with Gasteiger partial charge in [0.1, 0.15) is 0 Å². The first-order valence-electron chi connectivity index (χ1n) is 6.40. The van der Waals surface area contributed by atoms with Gasteiger partial charge in [0.05, 0.1) is 5.41 Å². The number of fused-ring (bicyclic) bond motifs is 2. The lowest BCUT2D eigenvalue weighted by Crippen LogP contribution is -2.40. The summed E-state index contributed by atoms with van der Waals surface area (Å²) in [5.74, 6) is 0.213. The van der Waals surface area contributed by atoms with Gasteiger partial charge in [0, 0.05) is 5.69 Å². The largest absolute Gasteiger partial charge is 0.325 e. The molecule has 1 saturated carbocycles. The second kappa shape index (κ2) is 3.12. The van der Waals surface area contributed by atoms with Gasteiger partial charge in [0.15, 0.2) is 0 Å². The molecule has 1 aromatic rings. The second-order valence-corrected chi connectivity index (χ2v) is 6.40. The fraction of sp³-hybridized carbons (Fsp3) is 0.533. The van der Waals surface area contributed by atoms with Crippen LogP contribution in [0, 0.1) is 0 Å². The molecule has 90 valence electrons. The first-order valence-corrected chi connectivity index (χ1v) is 6.40. The van der Waals surface area contributed by atoms with Crippen LogP contribution < -0.4 is 5.32 Å². The average molecular weight is 229 g/mol. The van der Waals surface area contributed by atoms with Gasteiger partial charge < -0.3 is 5.32 Å². The number of amides is 1. The van der Waals surface area contributed by atoms with E-state index in [1.807, 2.05) is 0 Å². The molecule has 3 rings (SSSR count). The molecular weight excluding hydrogens is 210 g/mol. The molecule has 1 aliphatic heterocycles. The monoisotopic (exact) mass is 229 g/mol. The van der Waals surface area contributed by atoms with Crippen molar-refractivity contribution in [1.82, 2.24) is 0 Å². The molecule has 1 fully saturated rings. The molecule has 1 amide bonds. The van der Waals surface area contributed by atoms with Crippen molar-refractivity contribution in [3.8, 4) is 0 Å². The molecule has 0 radical (unpaired) electrons. The Morgan fingerprint density at radius 1 is 1.24 bits per heavy atom. The van der Waals surface area contributed by atoms with Gasteiger partial charge in [0.2, 0.25) is 5.91 Å². The Hall–Kier alpha value is -1.31. The second-order valence-electron chi connectivity index (χ2n) is 6.40. The van der Waals surface area contributed by atoms with Crippen LogP contribution in [-0.2, 0) is 15.6 Å². The van der Waals surface area contributed by atoms with E-state index in [2.05, 4.69) is 44.3 Å². The predicted molar refractivity (Wildman–Crippen MR) is 69.3 cm³/mol. The van der Waals surface area contributed by atoms with Crippen LogP contribution >= 0.6 is 0 Å². The Morgan fingerprint density at radius 2 is 1.94 bits per heavy atom. The number of hydrogen-bond donors (Lipinski definition) is 1. The summed E-state index contributed by atoms with van der Waals surface area (Å²) in [5, 5.41) is 3.03. The zero-order chi connectivity index (χ0) is 12.3. The van der Waals surface area contributed by atoms with E-state index >= 15 is 0 Å². The molecule has 0 unspecified atom stereocenters. The molecule has 2 aliphatic rings. The van der Waals surface area contributed by atoms with Crippen LogP contribution in [0.25, 0.3) is 0 Å². The van der Waals surface area contributed by atoms with Crippen LogP contribution in [0.1, 0.15) is 51.2 Å². The lowest BCUT2D eigenvalue weighted by Gasteiger charge is -2.36. The molecule has 17 heavy (non-hydrogen) atoms. The van der Waals surface area contributed by atoms with Crippen molar-refractivity contribution in [2.75, 3.05) is 5.32 Å². The third-order valence-electron chi connectivity index (χ3n) is 4.29. The van der Waals surface area contributed by atoms with E-state index in [1.165, 1.54) is 17.5 Å². The Morgan fingerprint density at radius 3 is 2.47 bits per heavy atom. The van der Waals surface area contributed by atoms with Crippen molar-refractivity contribution in [2.45, 2.75) is 50.9 Å². The molecule has 1 aliphatic carbocycles. The van der Waals surface area contributed by atoms with Gasteiger partial charge in [-0.3, -0.25) is 4.79 Å². The van der Waals surface area contributed by atoms with Crippen LogP contribution in [0.5, 0.6) is 0 Å². The van der Waals surface area contributed by atoms with E-state index < -0.39 is 0 Å². The van der Waals surface area contributed by atoms with Crippen molar-refractivity contribution >= 4 is 11.6 Å². The van der Waals surface area contributed by atoms with Gasteiger partial charge in [-0.2, -0.15) is 0 Å². The average Bonchev–Trinajstić information content (AvgIpc) is 2.46. The van der Waals surface area contributed by atoms with Gasteiger partial charge in [-0.1, -0.05) is 39.3 Å². The highest BCUT2D eigenvalue weighted by molar-refractivity contribution is 6.07. The molecule has 1 heterocycles. The molecule has 0 atom stereocenters. The lowest BCUT2D eigenvalue weighted by atomic mass is 9.64. The quantitative estimate of drug-likeness (QED) is 0.726. The highest BCUT2D eigenvalue weighted by Gasteiger charge is 2.51. The zero-order valence-corrected chi connectivity index (χ0v) is 10.8. The van der Waals surface area contributed by atoms with E-state index in [1.54, 1.807) is 0 Å². The van der Waals surface area contributed by atoms with Crippen molar-refractivity contribution in [1.29, 1.82) is 0 Å². The number of rotatable bonds is 0. The Bertz CT molecular complexity index is 492. The topological polar surface area (TPSA) is 29.1 Å². The van der Waals surface area contributed by atoms with E-state index in [0.717, 1.165) is 18.5 Å². The summed E-state index contributed by atoms with van der Waals surface area (Å²) in [7, 11) is 0. The molecule has 1 spiro atoms. The van der Waals surface area contributed by atoms with Crippen molar-refractivity contribution < 1.29 is 4.79 Å². The maximum atomic E-state index is 12.1. The SMILES string of the molecule is CC(C)(C)c1ccc2c(c1)C1(CCC1)C(=O)N2. The highest BCUT2D eigenvalue weighted by atomic mass is 16.2. The summed E-state index contributed by atoms with van der Waals surface area (Å²) in [6.45, 7) is 6.64. The number of anilines is 1. The van der Waals surface area contributed by atoms with Gasteiger partial charge >= 0.3 is 0 Å². The number of benzene rings is 1. The highest BCUT2D eigenvalue weighted by Crippen LogP contribution is 2.51. The summed E-state index contributed by atoms with van der Waals surface area (Å²) in [6.07, 6.45) is 3.20. The lowest BCUT2D eigenvalue weighted by molar-refractivity contribution is -0.123. The minimum atomic E-state index is -0.184. The van der Waals surface area contributed by atoms with Crippen molar-refractivity contribution in [2.24, 2.45) is 0 Å². The van der Waals surface area contributed by atoms with E-state index in [-0.39, 0.29) is 16.7 Å². The molecule has 0 aromatic heterocycles. The number of carbonyl (C=O) groups is 1. The predicted octanol–water partition coefficient (Wildman–Crippen LogP) is 3.36. The van der Waals surface area contributed by atoms with Gasteiger partial charge in [-0.05, 0) is 35.4 Å². The fourth-order valence-electron chi connectivity index (χ4n) is 2.91. The fourth-order valence-corrected chi connectivity index (χ4v) is 2.91. The molecule has 1 N–H and O–H groups in total. The summed E-state index contributed by atoms with van der Waals surface area (Å²) in [5.41, 5.74) is 3.55. The first kappa shape index (κ1) is 10.8.